The van der Waals surface area contributed by atoms with Crippen LogP contribution in [0.25, 0.3) is 0 Å². The summed E-state index contributed by atoms with van der Waals surface area (Å²) in [7, 11) is 0. The van der Waals surface area contributed by atoms with E-state index in [9.17, 15) is 9.59 Å². The van der Waals surface area contributed by atoms with Gasteiger partial charge in [0, 0.05) is 25.8 Å². The van der Waals surface area contributed by atoms with Crippen molar-refractivity contribution in [3.05, 3.63) is 48.1 Å². The molecule has 0 spiro atoms. The molecule has 166 valence electrons. The monoisotopic (exact) mass is 425 g/mol. The van der Waals surface area contributed by atoms with Gasteiger partial charge in [-0.1, -0.05) is 24.8 Å². The molecule has 2 heterocycles. The topological polar surface area (TPSA) is 132 Å². The quantitative estimate of drug-likeness (QED) is 0.179. The highest BCUT2D eigenvalue weighted by Crippen LogP contribution is 2.40. The van der Waals surface area contributed by atoms with Crippen LogP contribution in [0.1, 0.15) is 24.8 Å². The maximum Gasteiger partial charge on any atom is 0.272 e. The summed E-state index contributed by atoms with van der Waals surface area (Å²) in [6.45, 7) is 6.95. The van der Waals surface area contributed by atoms with E-state index in [1.807, 2.05) is 25.1 Å². The van der Waals surface area contributed by atoms with Crippen LogP contribution in [0, 0.1) is 12.3 Å². The molecule has 1 fully saturated rings. The Morgan fingerprint density at radius 2 is 2.16 bits per heavy atom. The summed E-state index contributed by atoms with van der Waals surface area (Å²) >= 11 is 0. The van der Waals surface area contributed by atoms with Crippen LogP contribution < -0.4 is 21.8 Å². The molecule has 9 heteroatoms. The third kappa shape index (κ3) is 4.47. The Bertz CT molecular complexity index is 898. The van der Waals surface area contributed by atoms with Gasteiger partial charge in [-0.05, 0) is 43.9 Å². The van der Waals surface area contributed by atoms with Crippen LogP contribution in [0.4, 0.5) is 11.4 Å². The Hall–Kier alpha value is -3.17. The first-order valence-corrected chi connectivity index (χ1v) is 10.5. The fourth-order valence-corrected chi connectivity index (χ4v) is 4.31. The van der Waals surface area contributed by atoms with Crippen molar-refractivity contribution in [2.24, 2.45) is 11.6 Å². The lowest BCUT2D eigenvalue weighted by atomic mass is 10.1. The van der Waals surface area contributed by atoms with Crippen LogP contribution in [0.15, 0.2) is 42.5 Å². The maximum atomic E-state index is 13.0. The summed E-state index contributed by atoms with van der Waals surface area (Å²) < 4.78 is 0. The van der Waals surface area contributed by atoms with Gasteiger partial charge in [0.2, 0.25) is 5.91 Å². The third-order valence-corrected chi connectivity index (χ3v) is 5.81. The normalized spacial score (nSPS) is 21.1. The second-order valence-electron chi connectivity index (χ2n) is 7.79. The van der Waals surface area contributed by atoms with Gasteiger partial charge in [0.15, 0.2) is 6.29 Å². The van der Waals surface area contributed by atoms with Crippen molar-refractivity contribution >= 4 is 29.4 Å². The molecule has 31 heavy (non-hydrogen) atoms. The summed E-state index contributed by atoms with van der Waals surface area (Å²) in [4.78, 5) is 29.2. The highest BCUT2D eigenvalue weighted by Gasteiger charge is 2.41. The number of para-hydroxylation sites is 1. The molecule has 1 unspecified atom stereocenters. The Morgan fingerprint density at radius 3 is 2.84 bits per heavy atom. The van der Waals surface area contributed by atoms with E-state index >= 15 is 0 Å². The van der Waals surface area contributed by atoms with E-state index in [-0.39, 0.29) is 24.1 Å². The first-order valence-electron chi connectivity index (χ1n) is 10.5. The lowest BCUT2D eigenvalue weighted by molar-refractivity contribution is -0.129. The Kier molecular flexibility index (Phi) is 7.09. The lowest BCUT2D eigenvalue weighted by Gasteiger charge is -2.40. The summed E-state index contributed by atoms with van der Waals surface area (Å²) in [6.07, 6.45) is 5.83. The van der Waals surface area contributed by atoms with Gasteiger partial charge in [0.05, 0.1) is 23.0 Å². The highest BCUT2D eigenvalue weighted by atomic mass is 16.2. The highest BCUT2D eigenvalue weighted by molar-refractivity contribution is 6.11. The van der Waals surface area contributed by atoms with Crippen molar-refractivity contribution in [1.82, 2.24) is 9.91 Å². The predicted molar refractivity (Wildman–Crippen MR) is 122 cm³/mol. The number of aryl methyl sites for hydroxylation is 1. The van der Waals surface area contributed by atoms with Crippen molar-refractivity contribution in [3.8, 4) is 0 Å². The van der Waals surface area contributed by atoms with Gasteiger partial charge in [-0.2, -0.15) is 0 Å². The molecule has 2 amide bonds. The first kappa shape index (κ1) is 22.5. The molecule has 1 saturated heterocycles. The number of hydrogen-bond donors (Lipinski definition) is 4. The van der Waals surface area contributed by atoms with Gasteiger partial charge >= 0.3 is 0 Å². The zero-order chi connectivity index (χ0) is 22.5. The van der Waals surface area contributed by atoms with E-state index in [2.05, 4.69) is 16.8 Å². The molecule has 0 aromatic heterocycles. The largest absolute Gasteiger partial charge is 0.345 e. The number of rotatable bonds is 6. The minimum absolute atomic E-state index is 0.0491. The van der Waals surface area contributed by atoms with Gasteiger partial charge in [-0.3, -0.25) is 9.59 Å². The minimum Gasteiger partial charge on any atom is -0.345 e. The number of benzene rings is 1. The number of fused-ring (bicyclic) bond motifs is 1. The number of likely N-dealkylation sites (tertiary alicyclic amines) is 1. The molecule has 0 saturated carbocycles. The van der Waals surface area contributed by atoms with E-state index in [4.69, 9.17) is 17.0 Å². The number of hydrogen-bond acceptors (Lipinski definition) is 7. The molecule has 6 N–H and O–H groups in total. The second kappa shape index (κ2) is 9.76. The summed E-state index contributed by atoms with van der Waals surface area (Å²) in [5.74, 6) is 5.72. The van der Waals surface area contributed by atoms with E-state index in [1.54, 1.807) is 4.90 Å². The van der Waals surface area contributed by atoms with Crippen molar-refractivity contribution in [3.63, 3.8) is 0 Å². The van der Waals surface area contributed by atoms with Crippen LogP contribution in [-0.2, 0) is 9.59 Å². The molecular formula is C22H31N7O2. The van der Waals surface area contributed by atoms with Crippen molar-refractivity contribution in [2.45, 2.75) is 38.5 Å². The number of anilines is 2. The Labute approximate surface area is 182 Å². The Morgan fingerprint density at radius 1 is 1.39 bits per heavy atom. The average Bonchev–Trinajstić information content (AvgIpc) is 3.00. The van der Waals surface area contributed by atoms with Crippen LogP contribution in [0.3, 0.4) is 0 Å². The third-order valence-electron chi connectivity index (χ3n) is 5.81. The number of nitrogens with two attached hydrogens (primary N) is 2. The van der Waals surface area contributed by atoms with Gasteiger partial charge in [0.25, 0.3) is 5.91 Å². The van der Waals surface area contributed by atoms with Crippen molar-refractivity contribution < 1.29 is 9.59 Å². The molecule has 2 aliphatic rings. The number of carbonyl (C=O) groups is 2. The standard InChI is InChI=1S/C22H31N7O2/c1-3-19(30)27-12-5-4-8-17(14-27)28-20-15(2)7-6-9-18(20)26-22(28)29(25)21(31)16(13-24)10-11-23/h3,6-7,9-10,13,17,22,24,26H,1,4-5,8,11-12,14,23,25H2,2H3/b16-10+,24-13?/t17-,22?/m1/s1. The number of hydrazine groups is 1. The molecule has 0 bridgehead atoms. The number of nitrogens with one attached hydrogen (secondary N) is 2. The van der Waals surface area contributed by atoms with E-state index in [0.717, 1.165) is 47.4 Å². The number of carbonyl (C=O) groups excluding carboxylic acids is 2. The number of nitrogens with zero attached hydrogens (tertiary/aromatic N) is 3. The van der Waals surface area contributed by atoms with E-state index in [0.29, 0.717) is 13.1 Å². The van der Waals surface area contributed by atoms with Gasteiger partial charge < -0.3 is 26.3 Å². The van der Waals surface area contributed by atoms with Crippen LogP contribution >= 0.6 is 0 Å². The van der Waals surface area contributed by atoms with Gasteiger partial charge in [-0.15, -0.1) is 0 Å². The molecule has 0 radical (unpaired) electrons. The SMILES string of the molecule is C=CC(=O)N1CCCC[C@@H](N2c3c(C)cccc3NC2N(N)C(=O)/C(C=N)=C/CN)C1. The van der Waals surface area contributed by atoms with E-state index in [1.165, 1.54) is 12.2 Å². The summed E-state index contributed by atoms with van der Waals surface area (Å²) in [5, 5.41) is 12.0. The lowest BCUT2D eigenvalue weighted by Crippen LogP contribution is -2.60. The summed E-state index contributed by atoms with van der Waals surface area (Å²) in [5.41, 5.74) is 8.55. The first-order chi connectivity index (χ1) is 14.9. The molecular weight excluding hydrogens is 394 g/mol. The zero-order valence-electron chi connectivity index (χ0n) is 17.9. The fraction of sp³-hybridized carbons (Fsp3) is 0.409. The smallest absolute Gasteiger partial charge is 0.272 e. The zero-order valence-corrected chi connectivity index (χ0v) is 17.9. The molecule has 0 aliphatic carbocycles. The van der Waals surface area contributed by atoms with Gasteiger partial charge in [-0.25, -0.2) is 10.9 Å². The number of amides is 2. The maximum absolute atomic E-state index is 13.0. The fourth-order valence-electron chi connectivity index (χ4n) is 4.31. The molecule has 1 aromatic carbocycles. The molecule has 2 atom stereocenters. The van der Waals surface area contributed by atoms with Crippen LogP contribution in [-0.4, -0.2) is 59.9 Å². The van der Waals surface area contributed by atoms with Crippen molar-refractivity contribution in [1.29, 1.82) is 5.41 Å². The molecule has 9 nitrogen and oxygen atoms in total. The average molecular weight is 426 g/mol. The second-order valence-corrected chi connectivity index (χ2v) is 7.79. The van der Waals surface area contributed by atoms with Crippen molar-refractivity contribution in [2.75, 3.05) is 29.9 Å². The van der Waals surface area contributed by atoms with Crippen LogP contribution in [0.5, 0.6) is 0 Å². The predicted octanol–water partition coefficient (Wildman–Crippen LogP) is 1.31. The summed E-state index contributed by atoms with van der Waals surface area (Å²) in [6, 6.07) is 5.86. The van der Waals surface area contributed by atoms with Crippen LogP contribution in [0.2, 0.25) is 0 Å². The molecule has 2 aliphatic heterocycles. The van der Waals surface area contributed by atoms with E-state index < -0.39 is 12.2 Å². The minimum atomic E-state index is -0.659. The molecule has 1 aromatic rings. The molecule has 3 rings (SSSR count). The Balaban J connectivity index is 1.99. The van der Waals surface area contributed by atoms with Gasteiger partial charge in [0.1, 0.15) is 0 Å².